The molecule has 5 heteroatoms. The van der Waals surface area contributed by atoms with Gasteiger partial charge in [0.2, 0.25) is 0 Å². The highest BCUT2D eigenvalue weighted by atomic mass is 16.4. The molecule has 0 aromatic carbocycles. The Kier molecular flexibility index (Phi) is 4.09. The predicted molar refractivity (Wildman–Crippen MR) is 78.9 cm³/mol. The van der Waals surface area contributed by atoms with E-state index in [-0.39, 0.29) is 23.9 Å². The number of aliphatic carboxylic acids is 1. The average molecular weight is 294 g/mol. The van der Waals surface area contributed by atoms with Crippen molar-refractivity contribution in [3.05, 3.63) is 0 Å². The molecule has 3 aliphatic carbocycles. The minimum Gasteiger partial charge on any atom is -0.481 e. The fourth-order valence-corrected chi connectivity index (χ4v) is 4.86. The van der Waals surface area contributed by atoms with Crippen molar-refractivity contribution in [3.63, 3.8) is 0 Å². The lowest BCUT2D eigenvalue weighted by atomic mass is 9.84. The van der Waals surface area contributed by atoms with Crippen LogP contribution in [0.15, 0.2) is 0 Å². The molecule has 2 amide bonds. The first-order chi connectivity index (χ1) is 10.1. The average Bonchev–Trinajstić information content (AvgIpc) is 3.15. The summed E-state index contributed by atoms with van der Waals surface area (Å²) >= 11 is 0. The van der Waals surface area contributed by atoms with Gasteiger partial charge in [-0.15, -0.1) is 0 Å². The molecule has 4 unspecified atom stereocenters. The Labute approximate surface area is 126 Å². The van der Waals surface area contributed by atoms with Gasteiger partial charge in [-0.25, -0.2) is 4.79 Å². The van der Waals surface area contributed by atoms with Crippen molar-refractivity contribution in [3.8, 4) is 0 Å². The first-order valence-corrected chi connectivity index (χ1v) is 8.41. The van der Waals surface area contributed by atoms with Crippen LogP contribution < -0.4 is 5.32 Å². The van der Waals surface area contributed by atoms with Crippen LogP contribution in [0.3, 0.4) is 0 Å². The Morgan fingerprint density at radius 2 is 1.81 bits per heavy atom. The van der Waals surface area contributed by atoms with Crippen LogP contribution in [-0.4, -0.2) is 40.6 Å². The molecule has 0 saturated heterocycles. The quantitative estimate of drug-likeness (QED) is 0.837. The molecule has 0 radical (unpaired) electrons. The summed E-state index contributed by atoms with van der Waals surface area (Å²) in [6.07, 6.45) is 7.60. The highest BCUT2D eigenvalue weighted by molar-refractivity contribution is 5.78. The molecule has 4 atom stereocenters. The van der Waals surface area contributed by atoms with E-state index in [4.69, 9.17) is 0 Å². The van der Waals surface area contributed by atoms with E-state index < -0.39 is 5.97 Å². The zero-order valence-corrected chi connectivity index (χ0v) is 12.8. The normalized spacial score (nSPS) is 35.1. The fraction of sp³-hybridized carbons (Fsp3) is 0.875. The highest BCUT2D eigenvalue weighted by Crippen LogP contribution is 2.48. The van der Waals surface area contributed by atoms with Gasteiger partial charge in [0.05, 0.1) is 5.92 Å². The van der Waals surface area contributed by atoms with E-state index >= 15 is 0 Å². The van der Waals surface area contributed by atoms with Gasteiger partial charge in [0.1, 0.15) is 0 Å². The summed E-state index contributed by atoms with van der Waals surface area (Å²) in [6, 6.07) is 0.134. The zero-order chi connectivity index (χ0) is 15.0. The molecule has 2 N–H and O–H groups in total. The van der Waals surface area contributed by atoms with Gasteiger partial charge in [-0.05, 0) is 50.9 Å². The van der Waals surface area contributed by atoms with Gasteiger partial charge < -0.3 is 15.3 Å². The summed E-state index contributed by atoms with van der Waals surface area (Å²) in [4.78, 5) is 26.0. The Bertz CT molecular complexity index is 420. The molecule has 0 spiro atoms. The van der Waals surface area contributed by atoms with Crippen LogP contribution in [0.25, 0.3) is 0 Å². The second kappa shape index (κ2) is 5.85. The summed E-state index contributed by atoms with van der Waals surface area (Å²) in [5.74, 6) is -0.493. The van der Waals surface area contributed by atoms with Crippen LogP contribution in [0.4, 0.5) is 4.79 Å². The van der Waals surface area contributed by atoms with E-state index in [1.165, 1.54) is 12.8 Å². The maximum absolute atomic E-state index is 12.6. The topological polar surface area (TPSA) is 69.6 Å². The third kappa shape index (κ3) is 2.62. The second-order valence-electron chi connectivity index (χ2n) is 6.90. The lowest BCUT2D eigenvalue weighted by Crippen LogP contribution is -2.53. The van der Waals surface area contributed by atoms with Gasteiger partial charge in [0, 0.05) is 18.6 Å². The molecule has 3 fully saturated rings. The van der Waals surface area contributed by atoms with Crippen LogP contribution in [0.5, 0.6) is 0 Å². The van der Waals surface area contributed by atoms with Crippen LogP contribution in [0.2, 0.25) is 0 Å². The standard InChI is InChI=1S/C16H26N2O3/c1-2-18(12-5-3-4-6-12)16(21)17-14-11-8-7-10(9-11)13(14)15(19)20/h10-14H,2-9H2,1H3,(H,17,21)(H,19,20). The third-order valence-electron chi connectivity index (χ3n) is 5.86. The van der Waals surface area contributed by atoms with E-state index in [2.05, 4.69) is 5.32 Å². The van der Waals surface area contributed by atoms with Crippen molar-refractivity contribution >= 4 is 12.0 Å². The lowest BCUT2D eigenvalue weighted by Gasteiger charge is -2.33. The molecule has 3 aliphatic rings. The van der Waals surface area contributed by atoms with Crippen molar-refractivity contribution in [1.29, 1.82) is 0 Å². The number of carbonyl (C=O) groups excluding carboxylic acids is 1. The van der Waals surface area contributed by atoms with Crippen molar-refractivity contribution in [2.24, 2.45) is 17.8 Å². The minimum atomic E-state index is -0.739. The number of amides is 2. The van der Waals surface area contributed by atoms with Crippen molar-refractivity contribution in [2.45, 2.75) is 64.0 Å². The minimum absolute atomic E-state index is 0.0480. The van der Waals surface area contributed by atoms with Gasteiger partial charge in [-0.1, -0.05) is 12.8 Å². The van der Waals surface area contributed by atoms with E-state index in [0.29, 0.717) is 18.5 Å². The smallest absolute Gasteiger partial charge is 0.317 e. The summed E-state index contributed by atoms with van der Waals surface area (Å²) in [7, 11) is 0. The van der Waals surface area contributed by atoms with Crippen LogP contribution in [-0.2, 0) is 4.79 Å². The van der Waals surface area contributed by atoms with Crippen LogP contribution >= 0.6 is 0 Å². The maximum atomic E-state index is 12.6. The van der Waals surface area contributed by atoms with Crippen molar-refractivity contribution in [2.75, 3.05) is 6.54 Å². The van der Waals surface area contributed by atoms with E-state index in [9.17, 15) is 14.7 Å². The monoisotopic (exact) mass is 294 g/mol. The number of carboxylic acids is 1. The molecule has 3 saturated carbocycles. The van der Waals surface area contributed by atoms with Gasteiger partial charge in [0.25, 0.3) is 0 Å². The SMILES string of the molecule is CCN(C(=O)NC1C2CCC(C2)C1C(=O)O)C1CCCC1. The summed E-state index contributed by atoms with van der Waals surface area (Å²) in [6.45, 7) is 2.71. The highest BCUT2D eigenvalue weighted by Gasteiger charge is 2.51. The molecule has 0 aromatic rings. The second-order valence-corrected chi connectivity index (χ2v) is 6.90. The number of rotatable bonds is 4. The molecule has 5 nitrogen and oxygen atoms in total. The first-order valence-electron chi connectivity index (χ1n) is 8.41. The number of hydrogen-bond donors (Lipinski definition) is 2. The van der Waals surface area contributed by atoms with Gasteiger partial charge in [-0.3, -0.25) is 4.79 Å². The number of urea groups is 1. The summed E-state index contributed by atoms with van der Waals surface area (Å²) < 4.78 is 0. The molecule has 3 rings (SSSR count). The Balaban J connectivity index is 1.66. The first kappa shape index (κ1) is 14.7. The van der Waals surface area contributed by atoms with Gasteiger partial charge in [-0.2, -0.15) is 0 Å². The van der Waals surface area contributed by atoms with Crippen molar-refractivity contribution in [1.82, 2.24) is 10.2 Å². The third-order valence-corrected chi connectivity index (χ3v) is 5.86. The molecular weight excluding hydrogens is 268 g/mol. The summed E-state index contributed by atoms with van der Waals surface area (Å²) in [5.41, 5.74) is 0. The van der Waals surface area contributed by atoms with Crippen LogP contribution in [0.1, 0.15) is 51.9 Å². The maximum Gasteiger partial charge on any atom is 0.317 e. The Morgan fingerprint density at radius 3 is 2.43 bits per heavy atom. The van der Waals surface area contributed by atoms with Gasteiger partial charge in [0.15, 0.2) is 0 Å². The molecular formula is C16H26N2O3. The zero-order valence-electron chi connectivity index (χ0n) is 12.8. The number of nitrogens with one attached hydrogen (secondary N) is 1. The number of carboxylic acid groups (broad SMARTS) is 1. The Hall–Kier alpha value is -1.26. The number of carbonyl (C=O) groups is 2. The molecule has 0 aliphatic heterocycles. The largest absolute Gasteiger partial charge is 0.481 e. The number of hydrogen-bond acceptors (Lipinski definition) is 2. The van der Waals surface area contributed by atoms with E-state index in [0.717, 1.165) is 32.1 Å². The van der Waals surface area contributed by atoms with E-state index in [1.807, 2.05) is 11.8 Å². The number of fused-ring (bicyclic) bond motifs is 2. The fourth-order valence-electron chi connectivity index (χ4n) is 4.86. The summed E-state index contributed by atoms with van der Waals surface area (Å²) in [5, 5.41) is 12.5. The molecule has 21 heavy (non-hydrogen) atoms. The lowest BCUT2D eigenvalue weighted by molar-refractivity contribution is -0.144. The molecule has 118 valence electrons. The van der Waals surface area contributed by atoms with E-state index in [1.54, 1.807) is 0 Å². The van der Waals surface area contributed by atoms with Gasteiger partial charge >= 0.3 is 12.0 Å². The Morgan fingerprint density at radius 1 is 1.14 bits per heavy atom. The van der Waals surface area contributed by atoms with Crippen LogP contribution in [0, 0.1) is 17.8 Å². The molecule has 0 aromatic heterocycles. The van der Waals surface area contributed by atoms with Crippen molar-refractivity contribution < 1.29 is 14.7 Å². The molecule has 2 bridgehead atoms. The number of nitrogens with zero attached hydrogens (tertiary/aromatic N) is 1. The predicted octanol–water partition coefficient (Wildman–Crippen LogP) is 2.46. The molecule has 0 heterocycles.